The Hall–Kier alpha value is -1.75. The van der Waals surface area contributed by atoms with E-state index in [4.69, 9.17) is 0 Å². The van der Waals surface area contributed by atoms with Crippen molar-refractivity contribution in [2.45, 2.75) is 44.8 Å². The van der Waals surface area contributed by atoms with E-state index in [1.54, 1.807) is 6.20 Å². The highest BCUT2D eigenvalue weighted by Gasteiger charge is 2.19. The lowest BCUT2D eigenvalue weighted by Gasteiger charge is -2.23. The molecule has 0 fully saturated rings. The maximum absolute atomic E-state index is 12.3. The molecule has 130 valence electrons. The summed E-state index contributed by atoms with van der Waals surface area (Å²) in [5.41, 5.74) is 2.47. The van der Waals surface area contributed by atoms with E-state index < -0.39 is 0 Å². The summed E-state index contributed by atoms with van der Waals surface area (Å²) in [5.74, 6) is 1.25. The molecule has 2 rings (SSSR count). The third-order valence-electron chi connectivity index (χ3n) is 4.05. The number of nitrogens with one attached hydrogen (secondary N) is 1. The number of hydrogen-bond acceptors (Lipinski definition) is 3. The van der Waals surface area contributed by atoms with Crippen molar-refractivity contribution in [3.05, 3.63) is 47.8 Å². The smallest absolute Gasteiger partial charge is 0.230 e. The molecule has 0 aliphatic heterocycles. The molecule has 24 heavy (non-hydrogen) atoms. The number of imidazole rings is 1. The van der Waals surface area contributed by atoms with Gasteiger partial charge in [0.05, 0.1) is 11.8 Å². The van der Waals surface area contributed by atoms with Crippen molar-refractivity contribution < 1.29 is 4.79 Å². The van der Waals surface area contributed by atoms with Gasteiger partial charge < -0.3 is 9.88 Å². The van der Waals surface area contributed by atoms with E-state index in [1.807, 2.05) is 17.8 Å². The lowest BCUT2D eigenvalue weighted by Crippen LogP contribution is -2.33. The zero-order valence-corrected chi connectivity index (χ0v) is 15.9. The van der Waals surface area contributed by atoms with Crippen LogP contribution in [-0.2, 0) is 11.8 Å². The fourth-order valence-electron chi connectivity index (χ4n) is 2.56. The predicted molar refractivity (Wildman–Crippen MR) is 100 cm³/mol. The molecular weight excluding hydrogens is 318 g/mol. The molecule has 0 saturated carbocycles. The maximum Gasteiger partial charge on any atom is 0.230 e. The van der Waals surface area contributed by atoms with Crippen LogP contribution in [0.15, 0.2) is 41.8 Å². The summed E-state index contributed by atoms with van der Waals surface area (Å²) < 4.78 is 1.92. The minimum absolute atomic E-state index is 0.0284. The van der Waals surface area contributed by atoms with E-state index in [1.165, 1.54) is 17.3 Å². The van der Waals surface area contributed by atoms with Gasteiger partial charge >= 0.3 is 0 Å². The zero-order valence-electron chi connectivity index (χ0n) is 15.1. The van der Waals surface area contributed by atoms with Crippen molar-refractivity contribution in [1.29, 1.82) is 0 Å². The van der Waals surface area contributed by atoms with Gasteiger partial charge in [-0.15, -0.1) is 0 Å². The molecule has 1 unspecified atom stereocenters. The largest absolute Gasteiger partial charge is 0.348 e. The average molecular weight is 346 g/mol. The topological polar surface area (TPSA) is 46.9 Å². The van der Waals surface area contributed by atoms with Crippen molar-refractivity contribution in [3.8, 4) is 0 Å². The SMILES string of the molecule is CC(C)c1ccc(C(NC(=O)CSc2nccn2C)C(C)C)cc1. The summed E-state index contributed by atoms with van der Waals surface area (Å²) in [4.78, 5) is 16.6. The Balaban J connectivity index is 2.00. The molecule has 2 aromatic rings. The van der Waals surface area contributed by atoms with Crippen LogP contribution in [0.2, 0.25) is 0 Å². The molecule has 0 aliphatic carbocycles. The molecule has 1 heterocycles. The predicted octanol–water partition coefficient (Wildman–Crippen LogP) is 4.15. The number of carbonyl (C=O) groups excluding carboxylic acids is 1. The second-order valence-electron chi connectivity index (χ2n) is 6.72. The Morgan fingerprint density at radius 2 is 1.79 bits per heavy atom. The first kappa shape index (κ1) is 18.6. The lowest BCUT2D eigenvalue weighted by atomic mass is 9.93. The fourth-order valence-corrected chi connectivity index (χ4v) is 3.30. The van der Waals surface area contributed by atoms with Crippen molar-refractivity contribution in [2.75, 3.05) is 5.75 Å². The van der Waals surface area contributed by atoms with Crippen LogP contribution in [0.4, 0.5) is 0 Å². The van der Waals surface area contributed by atoms with Gasteiger partial charge in [-0.1, -0.05) is 63.7 Å². The quantitative estimate of drug-likeness (QED) is 0.767. The molecule has 0 aliphatic rings. The fraction of sp³-hybridized carbons (Fsp3) is 0.474. The minimum atomic E-state index is 0.0284. The third-order valence-corrected chi connectivity index (χ3v) is 5.11. The number of amides is 1. The molecule has 0 radical (unpaired) electrons. The van der Waals surface area contributed by atoms with E-state index in [9.17, 15) is 4.79 Å². The molecule has 5 heteroatoms. The third kappa shape index (κ3) is 4.87. The van der Waals surface area contributed by atoms with Crippen molar-refractivity contribution in [3.63, 3.8) is 0 Å². The Labute approximate surface area is 149 Å². The summed E-state index contributed by atoms with van der Waals surface area (Å²) in [6.45, 7) is 8.64. The number of benzene rings is 1. The number of nitrogens with zero attached hydrogens (tertiary/aromatic N) is 2. The van der Waals surface area contributed by atoms with Crippen LogP contribution in [0.1, 0.15) is 50.8 Å². The van der Waals surface area contributed by atoms with E-state index in [0.29, 0.717) is 17.6 Å². The van der Waals surface area contributed by atoms with Crippen molar-refractivity contribution in [2.24, 2.45) is 13.0 Å². The van der Waals surface area contributed by atoms with E-state index >= 15 is 0 Å². The highest BCUT2D eigenvalue weighted by molar-refractivity contribution is 7.99. The summed E-state index contributed by atoms with van der Waals surface area (Å²) in [7, 11) is 1.93. The molecule has 0 spiro atoms. The van der Waals surface area contributed by atoms with Gasteiger partial charge in [0.25, 0.3) is 0 Å². The maximum atomic E-state index is 12.3. The first-order chi connectivity index (χ1) is 11.4. The highest BCUT2D eigenvalue weighted by atomic mass is 32.2. The molecule has 4 nitrogen and oxygen atoms in total. The van der Waals surface area contributed by atoms with E-state index in [2.05, 4.69) is 62.3 Å². The number of aromatic nitrogens is 2. The highest BCUT2D eigenvalue weighted by Crippen LogP contribution is 2.24. The van der Waals surface area contributed by atoms with Gasteiger partial charge in [-0.3, -0.25) is 4.79 Å². The molecule has 1 aromatic heterocycles. The number of hydrogen-bond donors (Lipinski definition) is 1. The van der Waals surface area contributed by atoms with Crippen LogP contribution in [0.25, 0.3) is 0 Å². The summed E-state index contributed by atoms with van der Waals surface area (Å²) in [6.07, 6.45) is 3.63. The van der Waals surface area contributed by atoms with Gasteiger partial charge in [0.2, 0.25) is 5.91 Å². The van der Waals surface area contributed by atoms with Gasteiger partial charge in [-0.25, -0.2) is 4.98 Å². The van der Waals surface area contributed by atoms with Crippen LogP contribution in [0.3, 0.4) is 0 Å². The minimum Gasteiger partial charge on any atom is -0.348 e. The summed E-state index contributed by atoms with van der Waals surface area (Å²) >= 11 is 1.46. The standard InChI is InChI=1S/C19H27N3OS/c1-13(2)15-6-8-16(9-7-15)18(14(3)4)21-17(23)12-24-19-20-10-11-22(19)5/h6-11,13-14,18H,12H2,1-5H3,(H,21,23). The van der Waals surface area contributed by atoms with Gasteiger partial charge in [0.15, 0.2) is 5.16 Å². The first-order valence-corrected chi connectivity index (χ1v) is 9.36. The Bertz CT molecular complexity index is 662. The molecule has 0 saturated heterocycles. The number of aryl methyl sites for hydroxylation is 1. The van der Waals surface area contributed by atoms with E-state index in [0.717, 1.165) is 10.7 Å². The first-order valence-electron chi connectivity index (χ1n) is 8.37. The van der Waals surface area contributed by atoms with Crippen molar-refractivity contribution >= 4 is 17.7 Å². The van der Waals surface area contributed by atoms with Crippen molar-refractivity contribution in [1.82, 2.24) is 14.9 Å². The van der Waals surface area contributed by atoms with Crippen LogP contribution in [0, 0.1) is 5.92 Å². The molecule has 1 N–H and O–H groups in total. The second kappa shape index (κ2) is 8.38. The Kier molecular flexibility index (Phi) is 6.49. The Morgan fingerprint density at radius 1 is 1.17 bits per heavy atom. The second-order valence-corrected chi connectivity index (χ2v) is 7.66. The van der Waals surface area contributed by atoms with Crippen LogP contribution >= 0.6 is 11.8 Å². The lowest BCUT2D eigenvalue weighted by molar-refractivity contribution is -0.119. The summed E-state index contributed by atoms with van der Waals surface area (Å²) in [5, 5.41) is 4.02. The Morgan fingerprint density at radius 3 is 2.29 bits per heavy atom. The normalized spacial score (nSPS) is 12.6. The molecule has 1 amide bonds. The zero-order chi connectivity index (χ0) is 17.7. The number of rotatable bonds is 7. The molecule has 1 aromatic carbocycles. The molecule has 0 bridgehead atoms. The van der Waals surface area contributed by atoms with Gasteiger partial charge in [-0.2, -0.15) is 0 Å². The van der Waals surface area contributed by atoms with Gasteiger partial charge in [0, 0.05) is 19.4 Å². The van der Waals surface area contributed by atoms with Gasteiger partial charge in [0.1, 0.15) is 0 Å². The number of thioether (sulfide) groups is 1. The summed E-state index contributed by atoms with van der Waals surface area (Å²) in [6, 6.07) is 8.60. The monoisotopic (exact) mass is 345 g/mol. The average Bonchev–Trinajstić information content (AvgIpc) is 2.95. The van der Waals surface area contributed by atoms with Gasteiger partial charge in [-0.05, 0) is 23.0 Å². The number of carbonyl (C=O) groups is 1. The molecule has 1 atom stereocenters. The van der Waals surface area contributed by atoms with Crippen LogP contribution in [0.5, 0.6) is 0 Å². The van der Waals surface area contributed by atoms with E-state index in [-0.39, 0.29) is 11.9 Å². The molecular formula is C19H27N3OS. The van der Waals surface area contributed by atoms with Crippen LogP contribution < -0.4 is 5.32 Å². The van der Waals surface area contributed by atoms with Crippen LogP contribution in [-0.4, -0.2) is 21.2 Å².